The zero-order valence-corrected chi connectivity index (χ0v) is 24.5. The second-order valence-corrected chi connectivity index (χ2v) is 13.1. The molecule has 214 valence electrons. The predicted octanol–water partition coefficient (Wildman–Crippen LogP) is 5.47. The van der Waals surface area contributed by atoms with Crippen LogP contribution in [0.5, 0.6) is 0 Å². The van der Waals surface area contributed by atoms with E-state index in [0.29, 0.717) is 15.6 Å². The number of hydrogen-bond donors (Lipinski definition) is 1. The normalized spacial score (nSPS) is 19.3. The highest BCUT2D eigenvalue weighted by atomic mass is 32.2. The highest BCUT2D eigenvalue weighted by Crippen LogP contribution is 2.54. The summed E-state index contributed by atoms with van der Waals surface area (Å²) in [6.07, 6.45) is 0. The van der Waals surface area contributed by atoms with Gasteiger partial charge in [-0.15, -0.1) is 11.3 Å². The van der Waals surface area contributed by atoms with Crippen LogP contribution in [-0.4, -0.2) is 32.5 Å². The molecule has 7 rings (SSSR count). The monoisotopic (exact) mass is 628 g/mol. The van der Waals surface area contributed by atoms with Crippen molar-refractivity contribution in [2.24, 2.45) is 5.92 Å². The molecule has 0 radical (unpaired) electrons. The zero-order chi connectivity index (χ0) is 29.8. The molecule has 0 bridgehead atoms. The molecule has 3 aromatic carbocycles. The van der Waals surface area contributed by atoms with Gasteiger partial charge in [-0.25, -0.2) is 4.90 Å². The van der Waals surface area contributed by atoms with Crippen LogP contribution in [0, 0.1) is 16.0 Å². The Labute approximate surface area is 255 Å². The van der Waals surface area contributed by atoms with E-state index in [1.807, 2.05) is 53.9 Å². The number of hydrogen-bond acceptors (Lipinski definition) is 9. The Morgan fingerprint density at radius 2 is 1.70 bits per heavy atom. The number of benzene rings is 3. The smallest absolute Gasteiger partial charge is 0.308 e. The van der Waals surface area contributed by atoms with Crippen molar-refractivity contribution >= 4 is 80.0 Å². The summed E-state index contributed by atoms with van der Waals surface area (Å²) < 4.78 is 1.38. The Kier molecular flexibility index (Phi) is 6.72. The van der Waals surface area contributed by atoms with E-state index in [-0.39, 0.29) is 22.8 Å². The molecule has 43 heavy (non-hydrogen) atoms. The van der Waals surface area contributed by atoms with Gasteiger partial charge in [-0.05, 0) is 35.0 Å². The van der Waals surface area contributed by atoms with E-state index in [9.17, 15) is 29.3 Å². The van der Waals surface area contributed by atoms with E-state index >= 15 is 0 Å². The fourth-order valence-electron chi connectivity index (χ4n) is 5.68. The standard InChI is InChI=1S/C30H20N4O6S3/c35-22(31-20-8-3-6-16-5-1-2-7-19(16)20)15-32-29-26(43-30(32)38)23(21-9-4-14-41-21)24-25(42-29)28(37)33(27(24)36)17-10-12-18(13-11-17)34(39)40/h1-14,23-25H,15H2,(H,31,35). The second kappa shape index (κ2) is 10.6. The number of nitrogens with one attached hydrogen (secondary N) is 1. The maximum absolute atomic E-state index is 13.9. The molecule has 1 N–H and O–H groups in total. The van der Waals surface area contributed by atoms with Crippen LogP contribution in [0.3, 0.4) is 0 Å². The van der Waals surface area contributed by atoms with Crippen molar-refractivity contribution in [1.29, 1.82) is 0 Å². The Balaban J connectivity index is 1.24. The molecule has 2 aliphatic heterocycles. The van der Waals surface area contributed by atoms with Crippen molar-refractivity contribution in [2.45, 2.75) is 22.7 Å². The van der Waals surface area contributed by atoms with E-state index in [4.69, 9.17) is 0 Å². The van der Waals surface area contributed by atoms with Gasteiger partial charge < -0.3 is 5.32 Å². The van der Waals surface area contributed by atoms with E-state index in [2.05, 4.69) is 5.32 Å². The number of amides is 3. The Bertz CT molecular complexity index is 2000. The fourth-order valence-corrected chi connectivity index (χ4v) is 9.40. The number of rotatable bonds is 6. The molecular weight excluding hydrogens is 609 g/mol. The van der Waals surface area contributed by atoms with Crippen molar-refractivity contribution in [1.82, 2.24) is 4.57 Å². The highest BCUT2D eigenvalue weighted by Gasteiger charge is 2.57. The summed E-state index contributed by atoms with van der Waals surface area (Å²) >= 11 is 3.54. The van der Waals surface area contributed by atoms with Crippen LogP contribution >= 0.6 is 34.4 Å². The number of anilines is 2. The van der Waals surface area contributed by atoms with Crippen molar-refractivity contribution in [3.05, 3.63) is 114 Å². The van der Waals surface area contributed by atoms with Crippen molar-refractivity contribution in [2.75, 3.05) is 10.2 Å². The molecule has 5 aromatic rings. The summed E-state index contributed by atoms with van der Waals surface area (Å²) in [7, 11) is 0. The van der Waals surface area contributed by atoms with E-state index in [1.165, 1.54) is 40.2 Å². The molecule has 0 aliphatic carbocycles. The number of fused-ring (bicyclic) bond motifs is 3. The lowest BCUT2D eigenvalue weighted by atomic mass is 9.87. The van der Waals surface area contributed by atoms with Gasteiger partial charge >= 0.3 is 4.87 Å². The molecule has 1 fully saturated rings. The van der Waals surface area contributed by atoms with Gasteiger partial charge in [0.05, 0.1) is 21.6 Å². The number of nitro groups is 1. The lowest BCUT2D eigenvalue weighted by Gasteiger charge is -2.29. The molecule has 3 unspecified atom stereocenters. The number of carbonyl (C=O) groups excluding carboxylic acids is 3. The molecule has 4 heterocycles. The minimum absolute atomic E-state index is 0.154. The number of imide groups is 1. The second-order valence-electron chi connectivity index (χ2n) is 10.0. The third-order valence-electron chi connectivity index (χ3n) is 7.58. The number of nitro benzene ring substituents is 1. The lowest BCUT2D eigenvalue weighted by molar-refractivity contribution is -0.384. The molecule has 10 nitrogen and oxygen atoms in total. The van der Waals surface area contributed by atoms with E-state index in [1.54, 1.807) is 6.07 Å². The lowest BCUT2D eigenvalue weighted by Crippen LogP contribution is -2.32. The molecular formula is C30H20N4O6S3. The molecule has 13 heteroatoms. The first-order chi connectivity index (χ1) is 20.8. The van der Waals surface area contributed by atoms with Crippen LogP contribution in [0.2, 0.25) is 0 Å². The molecule has 3 amide bonds. The van der Waals surface area contributed by atoms with Crippen molar-refractivity contribution in [3.8, 4) is 0 Å². The maximum Gasteiger partial charge on any atom is 0.308 e. The van der Waals surface area contributed by atoms with Crippen LogP contribution < -0.4 is 15.1 Å². The van der Waals surface area contributed by atoms with Gasteiger partial charge in [0.2, 0.25) is 17.7 Å². The third kappa shape index (κ3) is 4.56. The van der Waals surface area contributed by atoms with Crippen LogP contribution in [0.25, 0.3) is 10.8 Å². The molecule has 1 saturated heterocycles. The predicted molar refractivity (Wildman–Crippen MR) is 166 cm³/mol. The molecule has 2 aliphatic rings. The third-order valence-corrected chi connectivity index (χ3v) is 11.1. The van der Waals surface area contributed by atoms with Gasteiger partial charge in [-0.1, -0.05) is 65.6 Å². The number of thiazole rings is 1. The Morgan fingerprint density at radius 3 is 2.44 bits per heavy atom. The van der Waals surface area contributed by atoms with Crippen LogP contribution in [0.15, 0.2) is 94.1 Å². The van der Waals surface area contributed by atoms with Crippen LogP contribution in [0.1, 0.15) is 15.7 Å². The summed E-state index contributed by atoms with van der Waals surface area (Å²) in [6.45, 7) is -0.260. The van der Waals surface area contributed by atoms with Crippen molar-refractivity contribution in [3.63, 3.8) is 0 Å². The first-order valence-corrected chi connectivity index (χ1v) is 15.7. The van der Waals surface area contributed by atoms with Crippen LogP contribution in [0.4, 0.5) is 17.1 Å². The van der Waals surface area contributed by atoms with Crippen LogP contribution in [-0.2, 0) is 20.9 Å². The molecule has 0 saturated carbocycles. The van der Waals surface area contributed by atoms with E-state index < -0.39 is 39.7 Å². The van der Waals surface area contributed by atoms with Gasteiger partial charge in [0.1, 0.15) is 11.8 Å². The molecule has 0 spiro atoms. The average molecular weight is 629 g/mol. The van der Waals surface area contributed by atoms with Gasteiger partial charge in [-0.3, -0.25) is 33.9 Å². The fraction of sp³-hybridized carbons (Fsp3) is 0.133. The summed E-state index contributed by atoms with van der Waals surface area (Å²) in [5, 5.41) is 17.4. The van der Waals surface area contributed by atoms with E-state index in [0.717, 1.165) is 43.6 Å². The molecule has 2 aromatic heterocycles. The number of carbonyl (C=O) groups is 3. The highest BCUT2D eigenvalue weighted by molar-refractivity contribution is 8.00. The van der Waals surface area contributed by atoms with Gasteiger partial charge in [-0.2, -0.15) is 0 Å². The number of aromatic nitrogens is 1. The SMILES string of the molecule is O=C(Cn1c2c(sc1=O)C(c1cccs1)C1C(=O)N(c3ccc([N+](=O)[O-])cc3)C(=O)C1S2)Nc1cccc2ccccc12. The maximum atomic E-state index is 13.9. The average Bonchev–Trinajstić information content (AvgIpc) is 3.70. The summed E-state index contributed by atoms with van der Waals surface area (Å²) in [5.74, 6) is -2.63. The number of thiophene rings is 1. The zero-order valence-electron chi connectivity index (χ0n) is 22.0. The number of non-ortho nitro benzene ring substituents is 1. The topological polar surface area (TPSA) is 132 Å². The van der Waals surface area contributed by atoms with Crippen molar-refractivity contribution < 1.29 is 19.3 Å². The number of nitrogens with zero attached hydrogens (tertiary/aromatic N) is 3. The van der Waals surface area contributed by atoms with Gasteiger partial charge in [0.15, 0.2) is 0 Å². The Morgan fingerprint density at radius 1 is 0.930 bits per heavy atom. The summed E-state index contributed by atoms with van der Waals surface area (Å²) in [6, 6.07) is 22.3. The van der Waals surface area contributed by atoms with Gasteiger partial charge in [0.25, 0.3) is 5.69 Å². The molecule has 3 atom stereocenters. The summed E-state index contributed by atoms with van der Waals surface area (Å²) in [4.78, 5) is 67.1. The number of thioether (sulfide) groups is 1. The minimum atomic E-state index is -0.844. The van der Waals surface area contributed by atoms with Gasteiger partial charge in [0, 0.05) is 38.9 Å². The largest absolute Gasteiger partial charge is 0.324 e. The minimum Gasteiger partial charge on any atom is -0.324 e. The summed E-state index contributed by atoms with van der Waals surface area (Å²) in [5.41, 5.74) is 0.717. The Hall–Kier alpha value is -4.59. The first-order valence-electron chi connectivity index (χ1n) is 13.2. The quantitative estimate of drug-likeness (QED) is 0.150. The first kappa shape index (κ1) is 27.3.